The van der Waals surface area contributed by atoms with E-state index in [4.69, 9.17) is 20.2 Å². The van der Waals surface area contributed by atoms with Gasteiger partial charge < -0.3 is 20.2 Å². The van der Waals surface area contributed by atoms with Crippen molar-refractivity contribution >= 4 is 17.2 Å². The Morgan fingerprint density at radius 2 is 1.93 bits per heavy atom. The molecule has 0 aliphatic heterocycles. The summed E-state index contributed by atoms with van der Waals surface area (Å²) in [5.74, 6) is 0.629. The normalized spacial score (nSPS) is 19.2. The summed E-state index contributed by atoms with van der Waals surface area (Å²) in [6, 6.07) is 15.9. The standard InChI is InChI=1S/C29H30N8O3/c1-39-13-14-40-29(26(38)27-32-18-33-36-27)11-9-20(10-12-29)24-15-25(30)37-28(35-24)22(17-34-37)21-7-8-23(31-16-21)19-5-3-2-4-6-19/h2-8,15-18,20H,9-14,30H2,1H3,(H,32,33,36). The van der Waals surface area contributed by atoms with Crippen LogP contribution in [0.2, 0.25) is 0 Å². The molecule has 0 spiro atoms. The Kier molecular flexibility index (Phi) is 7.06. The Labute approximate surface area is 230 Å². The van der Waals surface area contributed by atoms with E-state index >= 15 is 0 Å². The van der Waals surface area contributed by atoms with Gasteiger partial charge in [-0.05, 0) is 31.7 Å². The SMILES string of the molecule is COCCOC1(C(=O)c2nnc[nH]2)CCC(c2cc(N)n3ncc(-c4ccc(-c5ccccc5)nc4)c3n2)CC1. The number of pyridine rings is 1. The van der Waals surface area contributed by atoms with E-state index in [0.717, 1.165) is 28.1 Å². The number of carbonyl (C=O) groups excluding carboxylic acids is 1. The summed E-state index contributed by atoms with van der Waals surface area (Å²) in [5.41, 5.74) is 10.7. The number of Topliss-reactive ketones (excluding diaryl/α,β-unsaturated/α-hetero) is 1. The molecule has 6 rings (SSSR count). The second kappa shape index (κ2) is 10.9. The molecule has 0 unspecified atom stereocenters. The van der Waals surface area contributed by atoms with E-state index in [9.17, 15) is 4.79 Å². The largest absolute Gasteiger partial charge is 0.384 e. The zero-order chi connectivity index (χ0) is 27.5. The first-order valence-corrected chi connectivity index (χ1v) is 13.3. The Morgan fingerprint density at radius 1 is 1.10 bits per heavy atom. The van der Waals surface area contributed by atoms with Crippen LogP contribution in [0, 0.1) is 0 Å². The highest BCUT2D eigenvalue weighted by atomic mass is 16.5. The van der Waals surface area contributed by atoms with Gasteiger partial charge in [-0.15, -0.1) is 10.2 Å². The molecule has 1 fully saturated rings. The van der Waals surface area contributed by atoms with Gasteiger partial charge in [0.05, 0.1) is 25.1 Å². The summed E-state index contributed by atoms with van der Waals surface area (Å²) in [4.78, 5) is 25.9. The van der Waals surface area contributed by atoms with Gasteiger partial charge in [-0.25, -0.2) is 4.98 Å². The molecule has 1 saturated carbocycles. The van der Waals surface area contributed by atoms with Crippen LogP contribution in [0.3, 0.4) is 0 Å². The fraction of sp³-hybridized carbons (Fsp3) is 0.310. The van der Waals surface area contributed by atoms with Gasteiger partial charge in [0.15, 0.2) is 11.5 Å². The third-order valence-electron chi connectivity index (χ3n) is 7.59. The van der Waals surface area contributed by atoms with Crippen molar-refractivity contribution < 1.29 is 14.3 Å². The number of nitrogens with zero attached hydrogens (tertiary/aromatic N) is 6. The average molecular weight is 539 g/mol. The lowest BCUT2D eigenvalue weighted by Crippen LogP contribution is -2.46. The van der Waals surface area contributed by atoms with Crippen LogP contribution in [-0.2, 0) is 9.47 Å². The first-order chi connectivity index (χ1) is 19.6. The van der Waals surface area contributed by atoms with Crippen LogP contribution in [0.25, 0.3) is 28.0 Å². The van der Waals surface area contributed by atoms with E-state index in [-0.39, 0.29) is 17.5 Å². The molecule has 1 aliphatic carbocycles. The topological polar surface area (TPSA) is 146 Å². The lowest BCUT2D eigenvalue weighted by atomic mass is 9.75. The van der Waals surface area contributed by atoms with Crippen molar-refractivity contribution in [3.63, 3.8) is 0 Å². The smallest absolute Gasteiger partial charge is 0.231 e. The quantitative estimate of drug-likeness (QED) is 0.209. The fourth-order valence-corrected chi connectivity index (χ4v) is 5.42. The third kappa shape index (κ3) is 4.85. The number of hydrogen-bond acceptors (Lipinski definition) is 9. The summed E-state index contributed by atoms with van der Waals surface area (Å²) >= 11 is 0. The van der Waals surface area contributed by atoms with E-state index in [1.807, 2.05) is 54.7 Å². The van der Waals surface area contributed by atoms with Crippen molar-refractivity contribution in [2.75, 3.05) is 26.1 Å². The number of nitrogens with one attached hydrogen (secondary N) is 1. The van der Waals surface area contributed by atoms with Crippen LogP contribution >= 0.6 is 0 Å². The molecule has 0 radical (unpaired) electrons. The summed E-state index contributed by atoms with van der Waals surface area (Å²) in [6.45, 7) is 0.712. The van der Waals surface area contributed by atoms with Crippen molar-refractivity contribution in [3.8, 4) is 22.4 Å². The molecule has 40 heavy (non-hydrogen) atoms. The molecule has 1 aromatic carbocycles. The number of nitrogen functional groups attached to an aromatic ring is 1. The number of anilines is 1. The van der Waals surface area contributed by atoms with Crippen molar-refractivity contribution in [3.05, 3.63) is 78.8 Å². The van der Waals surface area contributed by atoms with Gasteiger partial charge in [-0.2, -0.15) is 9.61 Å². The predicted molar refractivity (Wildman–Crippen MR) is 149 cm³/mol. The molecule has 11 heteroatoms. The highest BCUT2D eigenvalue weighted by Gasteiger charge is 2.45. The maximum atomic E-state index is 13.4. The lowest BCUT2D eigenvalue weighted by Gasteiger charge is -2.38. The van der Waals surface area contributed by atoms with Crippen molar-refractivity contribution in [1.82, 2.24) is 34.8 Å². The van der Waals surface area contributed by atoms with E-state index in [2.05, 4.69) is 25.3 Å². The summed E-state index contributed by atoms with van der Waals surface area (Å²) < 4.78 is 13.0. The minimum Gasteiger partial charge on any atom is -0.384 e. The molecule has 0 saturated heterocycles. The number of nitrogens with two attached hydrogens (primary N) is 1. The second-order valence-electron chi connectivity index (χ2n) is 9.97. The van der Waals surface area contributed by atoms with Gasteiger partial charge in [0, 0.05) is 47.7 Å². The Bertz CT molecular complexity index is 1590. The number of ketones is 1. The molecule has 11 nitrogen and oxygen atoms in total. The fourth-order valence-electron chi connectivity index (χ4n) is 5.42. The van der Waals surface area contributed by atoms with Crippen molar-refractivity contribution in [1.29, 1.82) is 0 Å². The number of benzene rings is 1. The van der Waals surface area contributed by atoms with Crippen molar-refractivity contribution in [2.24, 2.45) is 0 Å². The maximum absolute atomic E-state index is 13.4. The van der Waals surface area contributed by atoms with E-state index < -0.39 is 5.60 Å². The van der Waals surface area contributed by atoms with Gasteiger partial charge in [0.1, 0.15) is 17.7 Å². The molecule has 0 bridgehead atoms. The Hall–Kier alpha value is -4.48. The molecular weight excluding hydrogens is 508 g/mol. The maximum Gasteiger partial charge on any atom is 0.231 e. The average Bonchev–Trinajstić information content (AvgIpc) is 3.69. The number of rotatable bonds is 9. The monoisotopic (exact) mass is 538 g/mol. The van der Waals surface area contributed by atoms with Gasteiger partial charge in [-0.1, -0.05) is 36.4 Å². The first kappa shape index (κ1) is 25.8. The predicted octanol–water partition coefficient (Wildman–Crippen LogP) is 4.10. The summed E-state index contributed by atoms with van der Waals surface area (Å²) in [7, 11) is 1.61. The number of aromatic nitrogens is 7. The number of aromatic amines is 1. The van der Waals surface area contributed by atoms with E-state index in [1.165, 1.54) is 6.33 Å². The first-order valence-electron chi connectivity index (χ1n) is 13.3. The molecule has 1 aliphatic rings. The van der Waals surface area contributed by atoms with Crippen LogP contribution in [-0.4, -0.2) is 66.5 Å². The third-order valence-corrected chi connectivity index (χ3v) is 7.59. The van der Waals surface area contributed by atoms with Crippen LogP contribution in [0.5, 0.6) is 0 Å². The van der Waals surface area contributed by atoms with E-state index in [1.54, 1.807) is 17.8 Å². The zero-order valence-electron chi connectivity index (χ0n) is 22.2. The van der Waals surface area contributed by atoms with Crippen LogP contribution in [0.15, 0.2) is 67.3 Å². The minimum absolute atomic E-state index is 0.107. The van der Waals surface area contributed by atoms with E-state index in [0.29, 0.717) is 50.4 Å². The Morgan fingerprint density at radius 3 is 2.62 bits per heavy atom. The van der Waals surface area contributed by atoms with Crippen molar-refractivity contribution in [2.45, 2.75) is 37.2 Å². The number of fused-ring (bicyclic) bond motifs is 1. The molecule has 3 N–H and O–H groups in total. The minimum atomic E-state index is -0.988. The molecule has 5 aromatic rings. The molecule has 4 aromatic heterocycles. The molecule has 0 atom stereocenters. The number of methoxy groups -OCH3 is 1. The van der Waals surface area contributed by atoms with Gasteiger partial charge in [0.25, 0.3) is 0 Å². The second-order valence-corrected chi connectivity index (χ2v) is 9.97. The lowest BCUT2D eigenvalue weighted by molar-refractivity contribution is -0.0635. The highest BCUT2D eigenvalue weighted by Crippen LogP contribution is 2.41. The van der Waals surface area contributed by atoms with Gasteiger partial charge in [0.2, 0.25) is 5.78 Å². The molecule has 0 amide bonds. The number of hydrogen-bond donors (Lipinski definition) is 2. The Balaban J connectivity index is 1.26. The summed E-state index contributed by atoms with van der Waals surface area (Å²) in [5, 5.41) is 12.2. The molecule has 4 heterocycles. The van der Waals surface area contributed by atoms with Gasteiger partial charge in [-0.3, -0.25) is 9.78 Å². The molecular formula is C29H30N8O3. The number of H-pyrrole nitrogens is 1. The number of carbonyl (C=O) groups is 1. The van der Waals surface area contributed by atoms with Crippen LogP contribution < -0.4 is 5.73 Å². The summed E-state index contributed by atoms with van der Waals surface area (Å²) in [6.07, 6.45) is 7.45. The highest BCUT2D eigenvalue weighted by molar-refractivity contribution is 5.99. The number of ether oxygens (including phenoxy) is 2. The van der Waals surface area contributed by atoms with Crippen LogP contribution in [0.1, 0.15) is 47.9 Å². The zero-order valence-corrected chi connectivity index (χ0v) is 22.2. The molecule has 204 valence electrons. The van der Waals surface area contributed by atoms with Gasteiger partial charge >= 0.3 is 0 Å². The van der Waals surface area contributed by atoms with Crippen LogP contribution in [0.4, 0.5) is 5.82 Å².